The molecule has 886 valence electrons. The van der Waals surface area contributed by atoms with Crippen molar-refractivity contribution in [2.45, 2.75) is 518 Å². The van der Waals surface area contributed by atoms with Gasteiger partial charge in [-0.25, -0.2) is 0 Å². The van der Waals surface area contributed by atoms with Crippen LogP contribution in [-0.4, -0.2) is 146 Å². The van der Waals surface area contributed by atoms with Gasteiger partial charge in [0.2, 0.25) is 0 Å². The van der Waals surface area contributed by atoms with Crippen molar-refractivity contribution < 1.29 is 164 Å². The summed E-state index contributed by atoms with van der Waals surface area (Å²) in [4.78, 5) is 0. The predicted molar refractivity (Wildman–Crippen MR) is 533 cm³/mol. The first-order valence-corrected chi connectivity index (χ1v) is 53.5. The molecule has 0 saturated heterocycles. The first kappa shape index (κ1) is 148. The Morgan fingerprint density at radius 2 is 0.741 bits per heavy atom. The molecule has 0 radical (unpaired) electrons. The van der Waals surface area contributed by atoms with Crippen molar-refractivity contribution in [3.05, 3.63) is 12.3 Å². The summed E-state index contributed by atoms with van der Waals surface area (Å²) >= 11 is 0. The lowest BCUT2D eigenvalue weighted by atomic mass is 9.45. The minimum absolute atomic E-state index is 0.0399. The molecular formula is C111H199F27O9. The topological polar surface area (TPSA) is 182 Å². The van der Waals surface area contributed by atoms with Gasteiger partial charge in [0, 0.05) is 11.8 Å². The molecule has 8 fully saturated rings. The Balaban J connectivity index is -0.00000159. The van der Waals surface area contributed by atoms with E-state index in [1.165, 1.54) is 65.7 Å². The lowest BCUT2D eigenvalue weighted by molar-refractivity contribution is -0.391. The average Bonchev–Trinajstić information content (AvgIpc) is 1.63. The van der Waals surface area contributed by atoms with Crippen molar-refractivity contribution in [3.8, 4) is 0 Å². The van der Waals surface area contributed by atoms with E-state index >= 15 is 0 Å². The second-order valence-corrected chi connectivity index (χ2v) is 52.4. The van der Waals surface area contributed by atoms with Crippen LogP contribution in [0.15, 0.2) is 12.3 Å². The maximum atomic E-state index is 13.1. The number of allylic oxidation sites excluding steroid dienone is 1. The normalized spacial score (nSPS) is 27.0. The first-order chi connectivity index (χ1) is 64.7. The van der Waals surface area contributed by atoms with E-state index in [-0.39, 0.29) is 132 Å². The van der Waals surface area contributed by atoms with Crippen LogP contribution in [0.2, 0.25) is 0 Å². The number of aliphatic hydroxyl groups excluding tert-OH is 1. The molecule has 0 aliphatic heterocycles. The summed E-state index contributed by atoms with van der Waals surface area (Å²) < 4.78 is 341. The summed E-state index contributed by atoms with van der Waals surface area (Å²) in [6.07, 6.45) is -29.4. The number of hydrogen-bond donors (Lipinski definition) is 9. The van der Waals surface area contributed by atoms with Gasteiger partial charge in [0.05, 0.1) is 17.3 Å². The molecule has 0 aromatic heterocycles. The summed E-state index contributed by atoms with van der Waals surface area (Å²) in [6, 6.07) is 0. The molecule has 0 aromatic rings. The Labute approximate surface area is 866 Å². The molecule has 0 heterocycles. The molecule has 8 aliphatic carbocycles. The van der Waals surface area contributed by atoms with E-state index in [1.807, 2.05) is 145 Å². The minimum Gasteiger partial charge on any atom is -0.513 e. The Kier molecular flexibility index (Phi) is 56.2. The molecule has 9 N–H and O–H groups in total. The third-order valence-corrected chi connectivity index (χ3v) is 35.2. The second-order valence-electron chi connectivity index (χ2n) is 52.4. The summed E-state index contributed by atoms with van der Waals surface area (Å²) in [6.45, 7) is 70.7. The highest BCUT2D eigenvalue weighted by molar-refractivity contribution is 5.12. The van der Waals surface area contributed by atoms with Crippen molar-refractivity contribution in [2.75, 3.05) is 0 Å². The van der Waals surface area contributed by atoms with E-state index in [4.69, 9.17) is 10.2 Å². The van der Waals surface area contributed by atoms with Gasteiger partial charge in [0.1, 0.15) is 0 Å². The Morgan fingerprint density at radius 1 is 0.374 bits per heavy atom. The van der Waals surface area contributed by atoms with E-state index in [0.29, 0.717) is 41.4 Å². The summed E-state index contributed by atoms with van der Waals surface area (Å²) in [5.74, 6) is -0.190. The molecule has 8 rings (SSSR count). The smallest absolute Gasteiger partial charge is 0.426 e. The van der Waals surface area contributed by atoms with Crippen LogP contribution in [0.3, 0.4) is 0 Å². The van der Waals surface area contributed by atoms with E-state index in [0.717, 1.165) is 115 Å². The largest absolute Gasteiger partial charge is 0.513 e. The number of hydrogen-bond acceptors (Lipinski definition) is 9. The van der Waals surface area contributed by atoms with Crippen molar-refractivity contribution in [1.29, 1.82) is 0 Å². The predicted octanol–water partition coefficient (Wildman–Crippen LogP) is 36.0. The standard InChI is InChI=1S/C15H21F9O2.C14H25F3O.C13H22O.C13H24.C12H23F3O.C11H21F3O.C10H19F3O.C9H17F3O.C9H17F3.C5H10O/c1-7(2)8-4-9(11(3,25)13(16,17)18)6-10(5-8)12(26,14(19,20)21)15(22,23)24;1-10(2)12(11-7-5-4-6-8-11)9-13(3,18)14(15,16)17;1-9(2)12-4-10-3-11(5-12)7-13(14,6-10)8-12;1-9(2)11-8-10-6-7-13(11,5)12(10,3)4;1-8(2)9(10(3,4)5)7-11(6,16)12(13,14)15;1-7(2)9(8(3)4)6-10(5,15)11(12,13)14;1-5-8(7(2)3)6-9(4,14)10(11,12)13;1-6(2)7(3)5-8(4,13)9(10,11)12;1-6(2)7(3)5-8(4)9(10,11)12;1-4(2)5(3)6/h7-10,25-26H,4-6H2,1-3H3;10-12,18H,4-9H2,1-3H3;9-11,14H,3-8H2,1-2H3;9-11H,6-8H2,1-5H3;8-9,16H,7H2,1-6H3;7-9,15H,6H2,1-5H3;7-8,14H,5-6H2,1-4H3;6-7,13H,5H2,1-4H3;6-8H,5H2,1-4H3;4,6H,3H2,1-2H3. The van der Waals surface area contributed by atoms with Crippen molar-refractivity contribution >= 4 is 0 Å². The minimum atomic E-state index is -6.12. The molecular weight excluding hydrogens is 1990 g/mol. The van der Waals surface area contributed by atoms with E-state index in [2.05, 4.69) is 55.0 Å². The maximum absolute atomic E-state index is 13.1. The van der Waals surface area contributed by atoms with Crippen LogP contribution < -0.4 is 0 Å². The fraction of sp³-hybridized carbons (Fsp3) is 0.982. The molecule has 0 aromatic carbocycles. The molecule has 8 aliphatic rings. The van der Waals surface area contributed by atoms with Crippen LogP contribution >= 0.6 is 0 Å². The SMILES string of the molecule is C=C(O)C(C)C.CC(C)C(C)CC(C)(O)C(F)(F)F.CC(C)C(C)CC(C)C(F)(F)F.CC(C)C(CC(C)(O)C(F)(F)F)C(C)(C)C.CC(C)C(CC(C)(O)C(F)(F)F)C(C)C.CC(C)C(CC(C)(O)C(F)(F)F)C1CCCCC1.CC(C)C12CC3CC(CC(O)(C3)C1)C2.CC(C)C1CC(C(C)(O)C(F)(F)F)CC(C(O)(C(F)(F)F)C(F)(F)F)C1.CC(C)C1CC2CCC1(C)C2(C)C.CCC(CC(C)(O)C(F)(F)F)C(C)C. The lowest BCUT2D eigenvalue weighted by Gasteiger charge is -2.62. The van der Waals surface area contributed by atoms with Gasteiger partial charge in [-0.05, 0) is 315 Å². The zero-order chi connectivity index (χ0) is 118. The monoisotopic (exact) mass is 2190 g/mol. The molecule has 8 saturated carbocycles. The molecule has 147 heavy (non-hydrogen) atoms. The number of fused-ring (bicyclic) bond motifs is 2. The van der Waals surface area contributed by atoms with Gasteiger partial charge < -0.3 is 46.0 Å². The highest BCUT2D eigenvalue weighted by Crippen LogP contribution is 2.70. The molecule has 20 unspecified atom stereocenters. The fourth-order valence-electron chi connectivity index (χ4n) is 23.2. The Morgan fingerprint density at radius 3 is 1.01 bits per heavy atom. The van der Waals surface area contributed by atoms with Crippen molar-refractivity contribution in [3.63, 3.8) is 0 Å². The van der Waals surface area contributed by atoms with Gasteiger partial charge in [0.25, 0.3) is 5.60 Å². The Bertz CT molecular complexity index is 3630. The molecule has 0 amide bonds. The maximum Gasteiger partial charge on any atom is 0.426 e. The van der Waals surface area contributed by atoms with Crippen LogP contribution in [0, 0.1) is 176 Å². The van der Waals surface area contributed by atoms with Crippen molar-refractivity contribution in [2.24, 2.45) is 176 Å². The second kappa shape index (κ2) is 55.7. The van der Waals surface area contributed by atoms with Crippen molar-refractivity contribution in [1.82, 2.24) is 0 Å². The van der Waals surface area contributed by atoms with Crippen LogP contribution in [0.5, 0.6) is 0 Å². The summed E-state index contributed by atoms with van der Waals surface area (Å²) in [5.41, 5.74) is -20.2. The van der Waals surface area contributed by atoms with Gasteiger partial charge in [0.15, 0.2) is 33.6 Å². The number of halogens is 27. The average molecular weight is 2190 g/mol. The summed E-state index contributed by atoms with van der Waals surface area (Å²) in [5, 5.41) is 85.3. The lowest BCUT2D eigenvalue weighted by Crippen LogP contribution is -2.64. The van der Waals surface area contributed by atoms with Gasteiger partial charge in [-0.15, -0.1) is 0 Å². The van der Waals surface area contributed by atoms with Gasteiger partial charge in [-0.2, -0.15) is 119 Å². The van der Waals surface area contributed by atoms with Gasteiger partial charge in [-0.3, -0.25) is 0 Å². The van der Waals surface area contributed by atoms with Crippen LogP contribution in [0.1, 0.15) is 417 Å². The number of alkyl halides is 27. The van der Waals surface area contributed by atoms with E-state index in [1.54, 1.807) is 6.92 Å². The van der Waals surface area contributed by atoms with Gasteiger partial charge in [-0.1, -0.05) is 267 Å². The fourth-order valence-corrected chi connectivity index (χ4v) is 23.2. The third-order valence-electron chi connectivity index (χ3n) is 35.2. The molecule has 20 atom stereocenters. The number of rotatable bonds is 27. The highest BCUT2D eigenvalue weighted by Gasteiger charge is 2.75. The van der Waals surface area contributed by atoms with E-state index in [9.17, 15) is 154 Å². The molecule has 9 nitrogen and oxygen atoms in total. The van der Waals surface area contributed by atoms with Crippen LogP contribution in [0.25, 0.3) is 0 Å². The quantitative estimate of drug-likeness (QED) is 0.0286. The highest BCUT2D eigenvalue weighted by atomic mass is 19.4. The van der Waals surface area contributed by atoms with Gasteiger partial charge >= 0.3 is 55.6 Å². The molecule has 36 heteroatoms. The van der Waals surface area contributed by atoms with E-state index < -0.39 is 144 Å². The zero-order valence-electron chi connectivity index (χ0n) is 95.9. The summed E-state index contributed by atoms with van der Waals surface area (Å²) in [7, 11) is 0. The molecule has 6 bridgehead atoms. The first-order valence-electron chi connectivity index (χ1n) is 53.5. The van der Waals surface area contributed by atoms with Crippen LogP contribution in [-0.2, 0) is 0 Å². The zero-order valence-corrected chi connectivity index (χ0v) is 95.9. The Hall–Kier alpha value is -2.67. The van der Waals surface area contributed by atoms with Crippen LogP contribution in [0.4, 0.5) is 119 Å². The third kappa shape index (κ3) is 43.9. The molecule has 0 spiro atoms. The number of aliphatic hydroxyl groups is 9.